The third-order valence-electron chi connectivity index (χ3n) is 5.49. The van der Waals surface area contributed by atoms with Crippen LogP contribution in [0.15, 0.2) is 60.8 Å². The van der Waals surface area contributed by atoms with Crippen molar-refractivity contribution in [3.05, 3.63) is 71.5 Å². The SMILES string of the molecule is COc1cn(-c2ccccc2)nc1C(=O)N1CCC[C@H](c2nc3ccccc3s2)C1. The molecular formula is C23H22N4O2S. The largest absolute Gasteiger partial charge is 0.493 e. The number of ether oxygens (including phenoxy) is 1. The van der Waals surface area contributed by atoms with Crippen molar-refractivity contribution in [2.45, 2.75) is 18.8 Å². The van der Waals surface area contributed by atoms with E-state index in [0.717, 1.165) is 35.6 Å². The van der Waals surface area contributed by atoms with E-state index < -0.39 is 0 Å². The van der Waals surface area contributed by atoms with Crippen molar-refractivity contribution in [1.82, 2.24) is 19.7 Å². The number of thiazole rings is 1. The van der Waals surface area contributed by atoms with Crippen LogP contribution in [0.1, 0.15) is 34.3 Å². The number of rotatable bonds is 4. The highest BCUT2D eigenvalue weighted by Crippen LogP contribution is 2.34. The van der Waals surface area contributed by atoms with Gasteiger partial charge in [0.15, 0.2) is 11.4 Å². The van der Waals surface area contributed by atoms with Gasteiger partial charge in [-0.05, 0) is 37.1 Å². The van der Waals surface area contributed by atoms with Crippen LogP contribution in [0.4, 0.5) is 0 Å². The zero-order valence-corrected chi connectivity index (χ0v) is 17.5. The summed E-state index contributed by atoms with van der Waals surface area (Å²) in [7, 11) is 1.57. The first kappa shape index (κ1) is 18.8. The molecule has 2 aromatic carbocycles. The molecule has 7 heteroatoms. The Hall–Kier alpha value is -3.19. The predicted octanol–water partition coefficient (Wildman–Crippen LogP) is 4.51. The van der Waals surface area contributed by atoms with Crippen molar-refractivity contribution in [3.63, 3.8) is 0 Å². The Bertz CT molecular complexity index is 1150. The molecule has 0 aliphatic carbocycles. The minimum absolute atomic E-state index is 0.0904. The van der Waals surface area contributed by atoms with Gasteiger partial charge in [0, 0.05) is 19.0 Å². The van der Waals surface area contributed by atoms with Crippen molar-refractivity contribution < 1.29 is 9.53 Å². The molecule has 1 aliphatic rings. The maximum absolute atomic E-state index is 13.3. The van der Waals surface area contributed by atoms with Gasteiger partial charge >= 0.3 is 0 Å². The summed E-state index contributed by atoms with van der Waals surface area (Å²) in [5.41, 5.74) is 2.27. The van der Waals surface area contributed by atoms with Crippen LogP contribution in [-0.2, 0) is 0 Å². The number of fused-ring (bicyclic) bond motifs is 1. The molecule has 0 spiro atoms. The average Bonchev–Trinajstić information content (AvgIpc) is 3.44. The fraction of sp³-hybridized carbons (Fsp3) is 0.261. The van der Waals surface area contributed by atoms with E-state index in [9.17, 15) is 4.79 Å². The first-order valence-corrected chi connectivity index (χ1v) is 10.9. The van der Waals surface area contributed by atoms with Crippen molar-refractivity contribution in [3.8, 4) is 11.4 Å². The van der Waals surface area contributed by atoms with Gasteiger partial charge in [-0.1, -0.05) is 30.3 Å². The van der Waals surface area contributed by atoms with Gasteiger partial charge in [-0.3, -0.25) is 4.79 Å². The van der Waals surface area contributed by atoms with E-state index in [0.29, 0.717) is 18.0 Å². The number of piperidine rings is 1. The number of para-hydroxylation sites is 2. The Balaban J connectivity index is 1.40. The molecule has 4 aromatic rings. The molecule has 1 fully saturated rings. The van der Waals surface area contributed by atoms with E-state index in [1.807, 2.05) is 53.4 Å². The lowest BCUT2D eigenvalue weighted by Crippen LogP contribution is -2.39. The number of carbonyl (C=O) groups excluding carboxylic acids is 1. The third kappa shape index (κ3) is 3.45. The molecule has 1 amide bonds. The normalized spacial score (nSPS) is 16.7. The molecule has 0 unspecified atom stereocenters. The van der Waals surface area contributed by atoms with Gasteiger partial charge in [0.2, 0.25) is 0 Å². The molecule has 1 aliphatic heterocycles. The molecule has 0 radical (unpaired) electrons. The van der Waals surface area contributed by atoms with Gasteiger partial charge in [0.1, 0.15) is 0 Å². The Morgan fingerprint density at radius 2 is 1.93 bits per heavy atom. The lowest BCUT2D eigenvalue weighted by Gasteiger charge is -2.31. The lowest BCUT2D eigenvalue weighted by atomic mass is 9.98. The molecule has 1 atom stereocenters. The molecule has 0 saturated carbocycles. The molecule has 152 valence electrons. The van der Waals surface area contributed by atoms with E-state index in [2.05, 4.69) is 11.2 Å². The van der Waals surface area contributed by atoms with Gasteiger partial charge in [-0.15, -0.1) is 11.3 Å². The van der Waals surface area contributed by atoms with E-state index >= 15 is 0 Å². The van der Waals surface area contributed by atoms with Gasteiger partial charge in [-0.25, -0.2) is 9.67 Å². The van der Waals surface area contributed by atoms with Crippen molar-refractivity contribution >= 4 is 27.5 Å². The summed E-state index contributed by atoms with van der Waals surface area (Å²) in [5, 5.41) is 5.65. The maximum atomic E-state index is 13.3. The van der Waals surface area contributed by atoms with E-state index in [1.54, 1.807) is 29.3 Å². The first-order chi connectivity index (χ1) is 14.7. The number of hydrogen-bond donors (Lipinski definition) is 0. The first-order valence-electron chi connectivity index (χ1n) is 10.1. The minimum Gasteiger partial charge on any atom is -0.493 e. The molecular weight excluding hydrogens is 396 g/mol. The smallest absolute Gasteiger partial charge is 0.278 e. The van der Waals surface area contributed by atoms with E-state index in [-0.39, 0.29) is 11.8 Å². The highest BCUT2D eigenvalue weighted by atomic mass is 32.1. The van der Waals surface area contributed by atoms with Crippen LogP contribution in [0.2, 0.25) is 0 Å². The third-order valence-corrected chi connectivity index (χ3v) is 6.69. The quantitative estimate of drug-likeness (QED) is 0.489. The van der Waals surface area contributed by atoms with E-state index in [1.165, 1.54) is 4.70 Å². The monoisotopic (exact) mass is 418 g/mol. The fourth-order valence-electron chi connectivity index (χ4n) is 3.95. The van der Waals surface area contributed by atoms with Crippen LogP contribution in [0, 0.1) is 0 Å². The Labute approximate surface area is 178 Å². The summed E-state index contributed by atoms with van der Waals surface area (Å²) in [6, 6.07) is 17.9. The molecule has 1 saturated heterocycles. The second-order valence-electron chi connectivity index (χ2n) is 7.44. The van der Waals surface area contributed by atoms with Crippen molar-refractivity contribution in [1.29, 1.82) is 0 Å². The van der Waals surface area contributed by atoms with Crippen LogP contribution in [0.3, 0.4) is 0 Å². The molecule has 0 bridgehead atoms. The number of hydrogen-bond acceptors (Lipinski definition) is 5. The van der Waals surface area contributed by atoms with E-state index in [4.69, 9.17) is 9.72 Å². The summed E-state index contributed by atoms with van der Waals surface area (Å²) < 4.78 is 8.36. The number of aromatic nitrogens is 3. The summed E-state index contributed by atoms with van der Waals surface area (Å²) in [6.07, 6.45) is 3.75. The number of carbonyl (C=O) groups is 1. The van der Waals surface area contributed by atoms with Gasteiger partial charge in [-0.2, -0.15) is 5.10 Å². The molecule has 2 aromatic heterocycles. The molecule has 3 heterocycles. The topological polar surface area (TPSA) is 60.3 Å². The molecule has 30 heavy (non-hydrogen) atoms. The Morgan fingerprint density at radius 3 is 2.73 bits per heavy atom. The van der Waals surface area contributed by atoms with Gasteiger partial charge < -0.3 is 9.64 Å². The maximum Gasteiger partial charge on any atom is 0.278 e. The molecule has 0 N–H and O–H groups in total. The zero-order valence-electron chi connectivity index (χ0n) is 16.7. The highest BCUT2D eigenvalue weighted by Gasteiger charge is 2.30. The number of likely N-dealkylation sites (tertiary alicyclic amines) is 1. The summed E-state index contributed by atoms with van der Waals surface area (Å²) in [5.74, 6) is 0.653. The fourth-order valence-corrected chi connectivity index (χ4v) is 5.04. The number of nitrogens with zero attached hydrogens (tertiary/aromatic N) is 4. The lowest BCUT2D eigenvalue weighted by molar-refractivity contribution is 0.0697. The van der Waals surface area contributed by atoms with Crippen LogP contribution in [-0.4, -0.2) is 45.8 Å². The predicted molar refractivity (Wildman–Crippen MR) is 118 cm³/mol. The number of benzene rings is 2. The Kier molecular flexibility index (Phi) is 4.96. The Morgan fingerprint density at radius 1 is 1.13 bits per heavy atom. The second-order valence-corrected chi connectivity index (χ2v) is 8.50. The summed E-state index contributed by atoms with van der Waals surface area (Å²) in [6.45, 7) is 1.38. The molecule has 5 rings (SSSR count). The van der Waals surface area contributed by atoms with Crippen LogP contribution < -0.4 is 4.74 Å². The summed E-state index contributed by atoms with van der Waals surface area (Å²) >= 11 is 1.73. The standard InChI is InChI=1S/C23H22N4O2S/c1-29-19-15-27(17-9-3-2-4-10-17)25-21(19)23(28)26-13-7-8-16(14-26)22-24-18-11-5-6-12-20(18)30-22/h2-6,9-12,15-16H,7-8,13-14H2,1H3/t16-/m0/s1. The highest BCUT2D eigenvalue weighted by molar-refractivity contribution is 7.18. The molecule has 6 nitrogen and oxygen atoms in total. The average molecular weight is 419 g/mol. The van der Waals surface area contributed by atoms with Gasteiger partial charge in [0.25, 0.3) is 5.91 Å². The van der Waals surface area contributed by atoms with Crippen molar-refractivity contribution in [2.24, 2.45) is 0 Å². The van der Waals surface area contributed by atoms with Crippen LogP contribution in [0.5, 0.6) is 5.75 Å². The zero-order chi connectivity index (χ0) is 20.5. The number of amides is 1. The number of methoxy groups -OCH3 is 1. The van der Waals surface area contributed by atoms with Crippen LogP contribution >= 0.6 is 11.3 Å². The summed E-state index contributed by atoms with van der Waals surface area (Å²) in [4.78, 5) is 20.0. The van der Waals surface area contributed by atoms with Crippen LogP contribution in [0.25, 0.3) is 15.9 Å². The van der Waals surface area contributed by atoms with Crippen molar-refractivity contribution in [2.75, 3.05) is 20.2 Å². The minimum atomic E-state index is -0.0904. The second kappa shape index (κ2) is 7.91. The van der Waals surface area contributed by atoms with Gasteiger partial charge in [0.05, 0.1) is 34.2 Å².